The van der Waals surface area contributed by atoms with Crippen LogP contribution >= 0.6 is 0 Å². The largest absolute Gasteiger partial charge is 0.372 e. The summed E-state index contributed by atoms with van der Waals surface area (Å²) in [7, 11) is 0. The summed E-state index contributed by atoms with van der Waals surface area (Å²) in [6, 6.07) is 5.93. The molecule has 0 aromatic carbocycles. The van der Waals surface area contributed by atoms with Crippen molar-refractivity contribution in [1.29, 1.82) is 0 Å². The van der Waals surface area contributed by atoms with Gasteiger partial charge in [-0.2, -0.15) is 0 Å². The Morgan fingerprint density at radius 1 is 1.27 bits per heavy atom. The van der Waals surface area contributed by atoms with Crippen molar-refractivity contribution in [1.82, 2.24) is 15.0 Å². The lowest BCUT2D eigenvalue weighted by molar-refractivity contribution is -0.00530. The summed E-state index contributed by atoms with van der Waals surface area (Å²) >= 11 is 0. The molecule has 1 aliphatic heterocycles. The molecule has 1 aliphatic rings. The van der Waals surface area contributed by atoms with Crippen LogP contribution in [0.1, 0.15) is 35.6 Å². The summed E-state index contributed by atoms with van der Waals surface area (Å²) in [4.78, 5) is 6.75. The summed E-state index contributed by atoms with van der Waals surface area (Å²) in [5.74, 6) is 0.936. The summed E-state index contributed by atoms with van der Waals surface area (Å²) in [6.45, 7) is 7.63. The van der Waals surface area contributed by atoms with E-state index in [-0.39, 0.29) is 0 Å². The standard InChI is InChI=1S/C17H23N3O2/c1-13-17(14(2)22-19-13)11-20-9-6-16(7-10-20)21-12-15-5-3-4-8-18-15/h3-5,8,16H,6-7,9-12H2,1-2H3. The molecule has 118 valence electrons. The first-order valence-corrected chi connectivity index (χ1v) is 7.88. The minimum atomic E-state index is 0.336. The van der Waals surface area contributed by atoms with Crippen LogP contribution in [0.5, 0.6) is 0 Å². The lowest BCUT2D eigenvalue weighted by Gasteiger charge is -2.31. The Labute approximate surface area is 131 Å². The number of pyridine rings is 1. The Kier molecular flexibility index (Phi) is 4.85. The molecule has 0 aliphatic carbocycles. The zero-order chi connectivity index (χ0) is 15.4. The van der Waals surface area contributed by atoms with Crippen molar-refractivity contribution in [2.75, 3.05) is 13.1 Å². The first-order valence-electron chi connectivity index (χ1n) is 7.88. The number of hydrogen-bond donors (Lipinski definition) is 0. The van der Waals surface area contributed by atoms with Gasteiger partial charge in [0, 0.05) is 31.4 Å². The number of likely N-dealkylation sites (tertiary alicyclic amines) is 1. The summed E-state index contributed by atoms with van der Waals surface area (Å²) in [5, 5.41) is 4.03. The van der Waals surface area contributed by atoms with Crippen molar-refractivity contribution in [3.63, 3.8) is 0 Å². The Morgan fingerprint density at radius 2 is 2.09 bits per heavy atom. The van der Waals surface area contributed by atoms with Gasteiger partial charge in [-0.05, 0) is 38.8 Å². The third kappa shape index (κ3) is 3.72. The van der Waals surface area contributed by atoms with Gasteiger partial charge in [0.15, 0.2) is 0 Å². The fourth-order valence-corrected chi connectivity index (χ4v) is 2.87. The molecule has 5 nitrogen and oxygen atoms in total. The van der Waals surface area contributed by atoms with E-state index in [2.05, 4.69) is 15.0 Å². The van der Waals surface area contributed by atoms with E-state index in [4.69, 9.17) is 9.26 Å². The lowest BCUT2D eigenvalue weighted by Crippen LogP contribution is -2.36. The number of hydrogen-bond acceptors (Lipinski definition) is 5. The van der Waals surface area contributed by atoms with E-state index in [9.17, 15) is 0 Å². The van der Waals surface area contributed by atoms with Crippen LogP contribution in [0.15, 0.2) is 28.9 Å². The number of rotatable bonds is 5. The maximum atomic E-state index is 5.98. The fraction of sp³-hybridized carbons (Fsp3) is 0.529. The van der Waals surface area contributed by atoms with Gasteiger partial charge in [0.2, 0.25) is 0 Å². The Morgan fingerprint density at radius 3 is 2.73 bits per heavy atom. The molecule has 0 amide bonds. The second kappa shape index (κ2) is 7.03. The number of nitrogens with zero attached hydrogens (tertiary/aromatic N) is 3. The molecule has 22 heavy (non-hydrogen) atoms. The Hall–Kier alpha value is -1.72. The zero-order valence-electron chi connectivity index (χ0n) is 13.3. The predicted octanol–water partition coefficient (Wildman–Crippen LogP) is 2.87. The molecule has 0 radical (unpaired) electrons. The van der Waals surface area contributed by atoms with Gasteiger partial charge in [0.1, 0.15) is 5.76 Å². The van der Waals surface area contributed by atoms with Crippen LogP contribution in [-0.2, 0) is 17.9 Å². The van der Waals surface area contributed by atoms with Gasteiger partial charge in [-0.3, -0.25) is 9.88 Å². The summed E-state index contributed by atoms with van der Waals surface area (Å²) < 4.78 is 11.2. The molecule has 2 aromatic heterocycles. The maximum Gasteiger partial charge on any atom is 0.138 e. The number of ether oxygens (including phenoxy) is 1. The predicted molar refractivity (Wildman–Crippen MR) is 83.3 cm³/mol. The number of aryl methyl sites for hydroxylation is 2. The minimum Gasteiger partial charge on any atom is -0.372 e. The van der Waals surface area contributed by atoms with Crippen molar-refractivity contribution < 1.29 is 9.26 Å². The second-order valence-corrected chi connectivity index (χ2v) is 5.91. The maximum absolute atomic E-state index is 5.98. The molecule has 1 fully saturated rings. The van der Waals surface area contributed by atoms with Gasteiger partial charge in [-0.25, -0.2) is 0 Å². The van der Waals surface area contributed by atoms with Crippen molar-refractivity contribution in [2.45, 2.75) is 45.9 Å². The molecular formula is C17H23N3O2. The van der Waals surface area contributed by atoms with Crippen molar-refractivity contribution in [3.8, 4) is 0 Å². The molecule has 0 bridgehead atoms. The monoisotopic (exact) mass is 301 g/mol. The van der Waals surface area contributed by atoms with Gasteiger partial charge in [0.25, 0.3) is 0 Å². The van der Waals surface area contributed by atoms with E-state index >= 15 is 0 Å². The molecule has 2 aromatic rings. The minimum absolute atomic E-state index is 0.336. The van der Waals surface area contributed by atoms with Crippen LogP contribution in [0.25, 0.3) is 0 Å². The van der Waals surface area contributed by atoms with E-state index in [1.54, 1.807) is 0 Å². The first kappa shape index (κ1) is 15.2. The molecule has 0 unspecified atom stereocenters. The average Bonchev–Trinajstić information content (AvgIpc) is 2.87. The molecule has 1 saturated heterocycles. The molecular weight excluding hydrogens is 278 g/mol. The fourth-order valence-electron chi connectivity index (χ4n) is 2.87. The van der Waals surface area contributed by atoms with Gasteiger partial charge < -0.3 is 9.26 Å². The Balaban J connectivity index is 1.44. The molecule has 0 N–H and O–H groups in total. The van der Waals surface area contributed by atoms with Gasteiger partial charge in [-0.15, -0.1) is 0 Å². The summed E-state index contributed by atoms with van der Waals surface area (Å²) in [6.07, 6.45) is 4.28. The van der Waals surface area contributed by atoms with Gasteiger partial charge >= 0.3 is 0 Å². The van der Waals surface area contributed by atoms with Crippen LogP contribution in [0, 0.1) is 13.8 Å². The van der Waals surface area contributed by atoms with Gasteiger partial charge in [0.05, 0.1) is 24.1 Å². The summed E-state index contributed by atoms with van der Waals surface area (Å²) in [5.41, 5.74) is 3.24. The van der Waals surface area contributed by atoms with E-state index in [1.807, 2.05) is 38.2 Å². The number of piperidine rings is 1. The number of aromatic nitrogens is 2. The van der Waals surface area contributed by atoms with E-state index in [1.165, 1.54) is 5.56 Å². The van der Waals surface area contributed by atoms with E-state index in [0.717, 1.165) is 49.6 Å². The lowest BCUT2D eigenvalue weighted by atomic mass is 10.1. The van der Waals surface area contributed by atoms with Crippen LogP contribution in [-0.4, -0.2) is 34.2 Å². The third-order valence-electron chi connectivity index (χ3n) is 4.29. The molecule has 3 heterocycles. The van der Waals surface area contributed by atoms with Crippen molar-refractivity contribution in [3.05, 3.63) is 47.1 Å². The van der Waals surface area contributed by atoms with Gasteiger partial charge in [-0.1, -0.05) is 11.2 Å². The van der Waals surface area contributed by atoms with E-state index in [0.29, 0.717) is 12.7 Å². The third-order valence-corrected chi connectivity index (χ3v) is 4.29. The molecule has 0 saturated carbocycles. The second-order valence-electron chi connectivity index (χ2n) is 5.91. The Bertz CT molecular complexity index is 570. The SMILES string of the molecule is Cc1noc(C)c1CN1CCC(OCc2ccccn2)CC1. The zero-order valence-corrected chi connectivity index (χ0v) is 13.3. The van der Waals surface area contributed by atoms with Crippen molar-refractivity contribution >= 4 is 0 Å². The average molecular weight is 301 g/mol. The quantitative estimate of drug-likeness (QED) is 0.850. The first-order chi connectivity index (χ1) is 10.7. The highest BCUT2D eigenvalue weighted by molar-refractivity contribution is 5.20. The molecule has 0 spiro atoms. The van der Waals surface area contributed by atoms with Crippen molar-refractivity contribution in [2.24, 2.45) is 0 Å². The smallest absolute Gasteiger partial charge is 0.138 e. The van der Waals surface area contributed by atoms with Crippen LogP contribution in [0.2, 0.25) is 0 Å². The normalized spacial score (nSPS) is 17.0. The van der Waals surface area contributed by atoms with E-state index < -0.39 is 0 Å². The highest BCUT2D eigenvalue weighted by Crippen LogP contribution is 2.20. The topological polar surface area (TPSA) is 51.4 Å². The molecule has 5 heteroatoms. The highest BCUT2D eigenvalue weighted by atomic mass is 16.5. The van der Waals surface area contributed by atoms with Crippen LogP contribution in [0.3, 0.4) is 0 Å². The van der Waals surface area contributed by atoms with Crippen LogP contribution in [0.4, 0.5) is 0 Å². The highest BCUT2D eigenvalue weighted by Gasteiger charge is 2.21. The molecule has 3 rings (SSSR count). The molecule has 0 atom stereocenters. The van der Waals surface area contributed by atoms with Crippen LogP contribution < -0.4 is 0 Å².